The van der Waals surface area contributed by atoms with Crippen molar-refractivity contribution in [3.8, 4) is 0 Å². The molecule has 6 rings (SSSR count). The van der Waals surface area contributed by atoms with Crippen LogP contribution in [0, 0.1) is 11.6 Å². The maximum atomic E-state index is 14.7. The summed E-state index contributed by atoms with van der Waals surface area (Å²) in [6.07, 6.45) is 3.91. The molecule has 5 nitrogen and oxygen atoms in total. The van der Waals surface area contributed by atoms with Gasteiger partial charge in [0.05, 0.1) is 28.0 Å². The highest BCUT2D eigenvalue weighted by molar-refractivity contribution is 7.92. The summed E-state index contributed by atoms with van der Waals surface area (Å²) < 4.78 is 57.5. The molecule has 10 heteroatoms. The molecule has 2 atom stereocenters. The summed E-state index contributed by atoms with van der Waals surface area (Å²) in [6, 6.07) is 20.7. The summed E-state index contributed by atoms with van der Waals surface area (Å²) >= 11 is 12.8. The maximum Gasteiger partial charge on any atom is 0.232 e. The van der Waals surface area contributed by atoms with Gasteiger partial charge < -0.3 is 10.2 Å². The van der Waals surface area contributed by atoms with Crippen LogP contribution in [0.25, 0.3) is 10.8 Å². The average molecular weight is 673 g/mol. The fourth-order valence-corrected chi connectivity index (χ4v) is 9.23. The van der Waals surface area contributed by atoms with Crippen LogP contribution in [0.4, 0.5) is 14.5 Å². The van der Waals surface area contributed by atoms with Gasteiger partial charge >= 0.3 is 0 Å². The number of likely N-dealkylation sites (N-methyl/N-ethyl adjacent to an activating group) is 1. The van der Waals surface area contributed by atoms with Crippen LogP contribution in [0.2, 0.25) is 10.0 Å². The second-order valence-electron chi connectivity index (χ2n) is 12.5. The van der Waals surface area contributed by atoms with Crippen LogP contribution in [0.15, 0.2) is 72.8 Å². The van der Waals surface area contributed by atoms with Crippen molar-refractivity contribution in [1.29, 1.82) is 0 Å². The number of hydrogen-bond donors (Lipinski definition) is 1. The molecule has 4 aromatic rings. The monoisotopic (exact) mass is 671 g/mol. The molecule has 238 valence electrons. The Balaban J connectivity index is 1.33. The van der Waals surface area contributed by atoms with Crippen molar-refractivity contribution in [2.24, 2.45) is 0 Å². The average Bonchev–Trinajstić information content (AvgIpc) is 3.26. The van der Waals surface area contributed by atoms with E-state index in [0.717, 1.165) is 48.0 Å². The Morgan fingerprint density at radius 1 is 0.978 bits per heavy atom. The third-order valence-corrected chi connectivity index (χ3v) is 11.5. The van der Waals surface area contributed by atoms with E-state index in [4.69, 9.17) is 23.2 Å². The lowest BCUT2D eigenvalue weighted by Gasteiger charge is -2.42. The van der Waals surface area contributed by atoms with Crippen molar-refractivity contribution < 1.29 is 17.2 Å². The van der Waals surface area contributed by atoms with Crippen LogP contribution >= 0.6 is 23.2 Å². The van der Waals surface area contributed by atoms with Crippen LogP contribution < -0.4 is 9.62 Å². The minimum Gasteiger partial charge on any atom is -0.317 e. The predicted octanol–water partition coefficient (Wildman–Crippen LogP) is 7.89. The summed E-state index contributed by atoms with van der Waals surface area (Å²) in [5, 5.41) is 5.80. The highest BCUT2D eigenvalue weighted by Crippen LogP contribution is 2.53. The number of sulfonamides is 1. The van der Waals surface area contributed by atoms with Crippen molar-refractivity contribution in [2.45, 2.75) is 49.6 Å². The molecule has 1 saturated heterocycles. The smallest absolute Gasteiger partial charge is 0.232 e. The summed E-state index contributed by atoms with van der Waals surface area (Å²) in [6.45, 7) is 2.70. The summed E-state index contributed by atoms with van der Waals surface area (Å²) in [7, 11) is -1.62. The van der Waals surface area contributed by atoms with Gasteiger partial charge in [-0.1, -0.05) is 59.6 Å². The number of piperidine rings is 1. The van der Waals surface area contributed by atoms with Gasteiger partial charge in [-0.25, -0.2) is 17.2 Å². The SMILES string of the molecule is CN(Cc1ccc(F)c2ccccc12)C[C@@H](CCC1N(S(C)(=O)=O)c2ccc(F)cc2C12CCNCC2)c1ccc(Cl)c(Cl)c1. The lowest BCUT2D eigenvalue weighted by Crippen LogP contribution is -2.52. The maximum absolute atomic E-state index is 14.7. The Bertz CT molecular complexity index is 1830. The van der Waals surface area contributed by atoms with Crippen LogP contribution in [-0.2, 0) is 22.0 Å². The van der Waals surface area contributed by atoms with Gasteiger partial charge in [-0.15, -0.1) is 0 Å². The normalized spacial score (nSPS) is 18.6. The predicted molar refractivity (Wildman–Crippen MR) is 180 cm³/mol. The van der Waals surface area contributed by atoms with Gasteiger partial charge in [0.15, 0.2) is 0 Å². The first-order valence-corrected chi connectivity index (χ1v) is 17.9. The van der Waals surface area contributed by atoms with Crippen molar-refractivity contribution in [1.82, 2.24) is 10.2 Å². The molecular formula is C35H37Cl2F2N3O2S. The molecule has 1 unspecified atom stereocenters. The third kappa shape index (κ3) is 6.32. The number of nitrogens with one attached hydrogen (secondary N) is 1. The van der Waals surface area contributed by atoms with Gasteiger partial charge in [0.2, 0.25) is 10.0 Å². The highest BCUT2D eigenvalue weighted by Gasteiger charge is 2.53. The first-order chi connectivity index (χ1) is 21.5. The van der Waals surface area contributed by atoms with E-state index in [9.17, 15) is 17.2 Å². The van der Waals surface area contributed by atoms with E-state index in [0.29, 0.717) is 47.1 Å². The second kappa shape index (κ2) is 12.8. The minimum atomic E-state index is -3.66. The van der Waals surface area contributed by atoms with E-state index < -0.39 is 15.4 Å². The van der Waals surface area contributed by atoms with Crippen molar-refractivity contribution >= 4 is 49.7 Å². The van der Waals surface area contributed by atoms with E-state index in [1.54, 1.807) is 22.5 Å². The lowest BCUT2D eigenvalue weighted by molar-refractivity contribution is 0.247. The molecule has 0 amide bonds. The topological polar surface area (TPSA) is 52.7 Å². The largest absolute Gasteiger partial charge is 0.317 e. The molecule has 0 aromatic heterocycles. The third-order valence-electron chi connectivity index (χ3n) is 9.64. The van der Waals surface area contributed by atoms with Crippen molar-refractivity contribution in [3.63, 3.8) is 0 Å². The number of rotatable bonds is 9. The van der Waals surface area contributed by atoms with Crippen LogP contribution in [0.3, 0.4) is 0 Å². The second-order valence-corrected chi connectivity index (χ2v) is 15.2. The molecule has 2 aliphatic heterocycles. The number of anilines is 1. The first kappa shape index (κ1) is 32.2. The molecule has 0 saturated carbocycles. The molecule has 0 aliphatic carbocycles. The molecule has 2 heterocycles. The Morgan fingerprint density at radius 2 is 1.71 bits per heavy atom. The van der Waals surface area contributed by atoms with Gasteiger partial charge in [-0.3, -0.25) is 4.31 Å². The molecule has 1 N–H and O–H groups in total. The minimum absolute atomic E-state index is 0.0166. The van der Waals surface area contributed by atoms with E-state index in [-0.39, 0.29) is 23.6 Å². The van der Waals surface area contributed by atoms with Crippen molar-refractivity contribution in [3.05, 3.63) is 111 Å². The Kier molecular flexibility index (Phi) is 9.16. The number of nitrogens with zero attached hydrogens (tertiary/aromatic N) is 2. The van der Waals surface area contributed by atoms with E-state index in [1.807, 2.05) is 43.4 Å². The first-order valence-electron chi connectivity index (χ1n) is 15.3. The van der Waals surface area contributed by atoms with Gasteiger partial charge in [0.1, 0.15) is 11.6 Å². The summed E-state index contributed by atoms with van der Waals surface area (Å²) in [5.41, 5.74) is 2.90. The Hall–Kier alpha value is -2.75. The van der Waals surface area contributed by atoms with Crippen LogP contribution in [0.5, 0.6) is 0 Å². The van der Waals surface area contributed by atoms with E-state index in [1.165, 1.54) is 24.5 Å². The molecule has 45 heavy (non-hydrogen) atoms. The van der Waals surface area contributed by atoms with Gasteiger partial charge in [0.25, 0.3) is 0 Å². The fourth-order valence-electron chi connectivity index (χ4n) is 7.63. The molecule has 0 radical (unpaired) electrons. The van der Waals surface area contributed by atoms with E-state index >= 15 is 0 Å². The van der Waals surface area contributed by atoms with Gasteiger partial charge in [0, 0.05) is 23.9 Å². The zero-order chi connectivity index (χ0) is 31.9. The standard InChI is InChI=1S/C35H37Cl2F2N3O2S/c1-41(22-25-8-12-32(39)28-6-4-3-5-27(25)28)21-24(23-7-11-30(36)31(37)19-23)9-14-34-35(15-17-40-18-16-35)29-20-26(38)10-13-33(29)42(34)45(2,43)44/h3-8,10-13,19-20,24,34,40H,9,14-18,21-22H2,1-2H3/t24-,34?/m1/s1. The van der Waals surface area contributed by atoms with Crippen LogP contribution in [-0.4, -0.2) is 52.3 Å². The Morgan fingerprint density at radius 3 is 2.42 bits per heavy atom. The summed E-state index contributed by atoms with van der Waals surface area (Å²) in [5.74, 6) is -0.619. The summed E-state index contributed by atoms with van der Waals surface area (Å²) in [4.78, 5) is 2.21. The fraction of sp³-hybridized carbons (Fsp3) is 0.371. The van der Waals surface area contributed by atoms with Crippen molar-refractivity contribution in [2.75, 3.05) is 37.2 Å². The number of fused-ring (bicyclic) bond motifs is 3. The molecule has 2 aliphatic rings. The zero-order valence-electron chi connectivity index (χ0n) is 25.4. The van der Waals surface area contributed by atoms with Crippen LogP contribution in [0.1, 0.15) is 48.3 Å². The molecule has 0 bridgehead atoms. The number of halogens is 4. The number of benzene rings is 4. The molecule has 4 aromatic carbocycles. The molecular weight excluding hydrogens is 635 g/mol. The number of hydrogen-bond acceptors (Lipinski definition) is 4. The zero-order valence-corrected chi connectivity index (χ0v) is 27.7. The lowest BCUT2D eigenvalue weighted by atomic mass is 9.68. The molecule has 1 spiro atoms. The van der Waals surface area contributed by atoms with E-state index in [2.05, 4.69) is 10.2 Å². The molecule has 1 fully saturated rings. The quantitative estimate of drug-likeness (QED) is 0.197. The Labute approximate surface area is 274 Å². The van der Waals surface area contributed by atoms with Gasteiger partial charge in [-0.05, 0) is 110 Å². The van der Waals surface area contributed by atoms with Gasteiger partial charge in [-0.2, -0.15) is 0 Å². The highest BCUT2D eigenvalue weighted by atomic mass is 35.5.